The molecule has 1 aliphatic heterocycles. The Balaban J connectivity index is 1.62. The Bertz CT molecular complexity index is 342. The van der Waals surface area contributed by atoms with Crippen LogP contribution >= 0.6 is 0 Å². The number of nitrogens with zero attached hydrogens (tertiary/aromatic N) is 1. The van der Waals surface area contributed by atoms with Crippen molar-refractivity contribution in [2.24, 2.45) is 0 Å². The maximum Gasteiger partial charge on any atom is 0.0969 e. The average molecular weight is 249 g/mol. The lowest BCUT2D eigenvalue weighted by Crippen LogP contribution is -2.25. The van der Waals surface area contributed by atoms with Gasteiger partial charge in [0, 0.05) is 20.2 Å². The Kier molecular flexibility index (Phi) is 5.17. The molecule has 1 aliphatic rings. The minimum Gasteiger partial charge on any atom is -0.389 e. The molecule has 0 unspecified atom stereocenters. The van der Waals surface area contributed by atoms with Crippen LogP contribution in [0.2, 0.25) is 0 Å². The first-order valence-electron chi connectivity index (χ1n) is 6.76. The molecule has 1 N–H and O–H groups in total. The van der Waals surface area contributed by atoms with Crippen LogP contribution in [0.25, 0.3) is 0 Å². The SMILES string of the molecule is CO[C@H]1CN(CCCCc2ccccc2)C[C@@H]1O. The molecule has 18 heavy (non-hydrogen) atoms. The largest absolute Gasteiger partial charge is 0.389 e. The summed E-state index contributed by atoms with van der Waals surface area (Å²) in [5, 5.41) is 9.73. The Morgan fingerprint density at radius 3 is 2.67 bits per heavy atom. The van der Waals surface area contributed by atoms with Crippen LogP contribution < -0.4 is 0 Å². The number of hydrogen-bond donors (Lipinski definition) is 1. The third kappa shape index (κ3) is 3.80. The van der Waals surface area contributed by atoms with Crippen LogP contribution in [0.1, 0.15) is 18.4 Å². The highest BCUT2D eigenvalue weighted by Crippen LogP contribution is 2.14. The van der Waals surface area contributed by atoms with Crippen molar-refractivity contribution in [1.82, 2.24) is 4.90 Å². The molecule has 1 saturated heterocycles. The standard InChI is InChI=1S/C15H23NO2/c1-18-15-12-16(11-14(15)17)10-6-5-9-13-7-3-2-4-8-13/h2-4,7-8,14-15,17H,5-6,9-12H2,1H3/t14-,15-/m0/s1. The van der Waals surface area contributed by atoms with E-state index in [1.54, 1.807) is 7.11 Å². The first-order valence-corrected chi connectivity index (χ1v) is 6.76. The number of aryl methyl sites for hydroxylation is 1. The molecule has 0 bridgehead atoms. The van der Waals surface area contributed by atoms with Gasteiger partial charge in [-0.15, -0.1) is 0 Å². The van der Waals surface area contributed by atoms with Crippen LogP contribution in [-0.2, 0) is 11.2 Å². The quantitative estimate of drug-likeness (QED) is 0.779. The second-order valence-corrected chi connectivity index (χ2v) is 5.04. The lowest BCUT2D eigenvalue weighted by Gasteiger charge is -2.14. The fraction of sp³-hybridized carbons (Fsp3) is 0.600. The van der Waals surface area contributed by atoms with Gasteiger partial charge in [0.05, 0.1) is 12.2 Å². The van der Waals surface area contributed by atoms with Gasteiger partial charge < -0.3 is 9.84 Å². The summed E-state index contributed by atoms with van der Waals surface area (Å²) in [4.78, 5) is 2.30. The lowest BCUT2D eigenvalue weighted by molar-refractivity contribution is 0.0215. The van der Waals surface area contributed by atoms with Crippen molar-refractivity contribution < 1.29 is 9.84 Å². The third-order valence-electron chi connectivity index (χ3n) is 3.65. The van der Waals surface area contributed by atoms with E-state index in [-0.39, 0.29) is 12.2 Å². The van der Waals surface area contributed by atoms with Gasteiger partial charge >= 0.3 is 0 Å². The Hall–Kier alpha value is -0.900. The van der Waals surface area contributed by atoms with E-state index in [9.17, 15) is 5.11 Å². The zero-order valence-corrected chi connectivity index (χ0v) is 11.1. The summed E-state index contributed by atoms with van der Waals surface area (Å²) in [5.74, 6) is 0. The van der Waals surface area contributed by atoms with Crippen LogP contribution in [0.5, 0.6) is 0 Å². The van der Waals surface area contributed by atoms with Gasteiger partial charge in [-0.1, -0.05) is 30.3 Å². The molecule has 0 amide bonds. The summed E-state index contributed by atoms with van der Waals surface area (Å²) in [6.45, 7) is 2.68. The number of unbranched alkanes of at least 4 members (excludes halogenated alkanes) is 1. The van der Waals surface area contributed by atoms with Gasteiger partial charge in [0.25, 0.3) is 0 Å². The monoisotopic (exact) mass is 249 g/mol. The van der Waals surface area contributed by atoms with E-state index in [4.69, 9.17) is 4.74 Å². The Labute approximate surface area is 109 Å². The van der Waals surface area contributed by atoms with Crippen molar-refractivity contribution >= 4 is 0 Å². The lowest BCUT2D eigenvalue weighted by atomic mass is 10.1. The molecule has 0 spiro atoms. The fourth-order valence-corrected chi connectivity index (χ4v) is 2.56. The highest BCUT2D eigenvalue weighted by Gasteiger charge is 2.30. The van der Waals surface area contributed by atoms with Gasteiger partial charge in [0.1, 0.15) is 0 Å². The molecule has 1 heterocycles. The van der Waals surface area contributed by atoms with Gasteiger partial charge in [-0.3, -0.25) is 4.90 Å². The molecule has 3 nitrogen and oxygen atoms in total. The summed E-state index contributed by atoms with van der Waals surface area (Å²) in [6.07, 6.45) is 3.21. The molecule has 3 heteroatoms. The van der Waals surface area contributed by atoms with E-state index in [0.717, 1.165) is 26.1 Å². The second-order valence-electron chi connectivity index (χ2n) is 5.04. The Morgan fingerprint density at radius 2 is 2.00 bits per heavy atom. The van der Waals surface area contributed by atoms with Crippen LogP contribution in [0.15, 0.2) is 30.3 Å². The number of likely N-dealkylation sites (tertiary alicyclic amines) is 1. The number of ether oxygens (including phenoxy) is 1. The number of rotatable bonds is 6. The van der Waals surface area contributed by atoms with Gasteiger partial charge in [-0.05, 0) is 31.4 Å². The highest BCUT2D eigenvalue weighted by molar-refractivity contribution is 5.14. The minimum atomic E-state index is -0.316. The summed E-state index contributed by atoms with van der Waals surface area (Å²) >= 11 is 0. The van der Waals surface area contributed by atoms with E-state index >= 15 is 0 Å². The van der Waals surface area contributed by atoms with Crippen molar-refractivity contribution in [3.05, 3.63) is 35.9 Å². The number of benzene rings is 1. The van der Waals surface area contributed by atoms with Crippen molar-refractivity contribution in [1.29, 1.82) is 0 Å². The first-order chi connectivity index (χ1) is 8.79. The number of methoxy groups -OCH3 is 1. The topological polar surface area (TPSA) is 32.7 Å². The summed E-state index contributed by atoms with van der Waals surface area (Å²) in [5.41, 5.74) is 1.41. The van der Waals surface area contributed by atoms with Gasteiger partial charge in [-0.25, -0.2) is 0 Å². The van der Waals surface area contributed by atoms with Gasteiger partial charge in [-0.2, -0.15) is 0 Å². The smallest absolute Gasteiger partial charge is 0.0969 e. The minimum absolute atomic E-state index is 0.000812. The normalized spacial score (nSPS) is 24.6. The average Bonchev–Trinajstić information content (AvgIpc) is 2.76. The summed E-state index contributed by atoms with van der Waals surface area (Å²) < 4.78 is 5.24. The third-order valence-corrected chi connectivity index (χ3v) is 3.65. The van der Waals surface area contributed by atoms with Crippen molar-refractivity contribution in [3.63, 3.8) is 0 Å². The van der Waals surface area contributed by atoms with E-state index in [1.165, 1.54) is 18.4 Å². The number of aliphatic hydroxyl groups is 1. The maximum atomic E-state index is 9.73. The predicted octanol–water partition coefficient (Wildman–Crippen LogP) is 1.70. The Morgan fingerprint density at radius 1 is 1.22 bits per heavy atom. The van der Waals surface area contributed by atoms with Crippen molar-refractivity contribution in [2.45, 2.75) is 31.5 Å². The molecular formula is C15H23NO2. The van der Waals surface area contributed by atoms with E-state index in [2.05, 4.69) is 35.2 Å². The summed E-state index contributed by atoms with van der Waals surface area (Å²) in [6, 6.07) is 10.6. The molecule has 1 aromatic carbocycles. The van der Waals surface area contributed by atoms with Crippen molar-refractivity contribution in [2.75, 3.05) is 26.7 Å². The van der Waals surface area contributed by atoms with Crippen molar-refractivity contribution in [3.8, 4) is 0 Å². The number of hydrogen-bond acceptors (Lipinski definition) is 3. The van der Waals surface area contributed by atoms with Crippen LogP contribution in [-0.4, -0.2) is 49.0 Å². The van der Waals surface area contributed by atoms with Gasteiger partial charge in [0.2, 0.25) is 0 Å². The molecular weight excluding hydrogens is 226 g/mol. The molecule has 2 atom stereocenters. The van der Waals surface area contributed by atoms with Gasteiger partial charge in [0.15, 0.2) is 0 Å². The first kappa shape index (κ1) is 13.5. The summed E-state index contributed by atoms with van der Waals surface area (Å²) in [7, 11) is 1.67. The fourth-order valence-electron chi connectivity index (χ4n) is 2.56. The van der Waals surface area contributed by atoms with E-state index in [1.807, 2.05) is 0 Å². The molecule has 0 aromatic heterocycles. The highest BCUT2D eigenvalue weighted by atomic mass is 16.5. The number of β-amino-alcohol motifs (C(OH)–C–C–N with tert-alkyl or cyclic N) is 1. The molecule has 0 aliphatic carbocycles. The zero-order chi connectivity index (χ0) is 12.8. The molecule has 100 valence electrons. The predicted molar refractivity (Wildman–Crippen MR) is 72.6 cm³/mol. The van der Waals surface area contributed by atoms with E-state index < -0.39 is 0 Å². The van der Waals surface area contributed by atoms with Crippen LogP contribution in [0.4, 0.5) is 0 Å². The molecule has 0 saturated carbocycles. The molecule has 1 fully saturated rings. The molecule has 2 rings (SSSR count). The number of aliphatic hydroxyl groups excluding tert-OH is 1. The second kappa shape index (κ2) is 6.88. The molecule has 1 aromatic rings. The molecule has 0 radical (unpaired) electrons. The van der Waals surface area contributed by atoms with Crippen LogP contribution in [0, 0.1) is 0 Å². The van der Waals surface area contributed by atoms with E-state index in [0.29, 0.717) is 0 Å². The maximum absolute atomic E-state index is 9.73. The zero-order valence-electron chi connectivity index (χ0n) is 11.1. The van der Waals surface area contributed by atoms with Crippen LogP contribution in [0.3, 0.4) is 0 Å².